The van der Waals surface area contributed by atoms with Crippen LogP contribution in [0.3, 0.4) is 0 Å². The SMILES string of the molecule is CC(C)C(=O)CN(CCN(CC(=O)C(C)C)C(=O)C(C)C)CC(=O)C(C)C. The van der Waals surface area contributed by atoms with Crippen molar-refractivity contribution in [3.8, 4) is 0 Å². The molecule has 0 aliphatic heterocycles. The molecule has 0 aromatic heterocycles. The Balaban J connectivity index is 5.19. The maximum Gasteiger partial charge on any atom is 0.225 e. The average Bonchev–Trinajstić information content (AvgIpc) is 2.56. The Kier molecular flexibility index (Phi) is 11.3. The summed E-state index contributed by atoms with van der Waals surface area (Å²) in [5, 5.41) is 0. The highest BCUT2D eigenvalue weighted by Gasteiger charge is 2.24. The molecule has 0 fully saturated rings. The van der Waals surface area contributed by atoms with Crippen LogP contribution in [-0.2, 0) is 19.2 Å². The largest absolute Gasteiger partial charge is 0.334 e. The fourth-order valence-electron chi connectivity index (χ4n) is 2.29. The highest BCUT2D eigenvalue weighted by Crippen LogP contribution is 2.07. The van der Waals surface area contributed by atoms with Crippen molar-refractivity contribution in [2.45, 2.75) is 55.4 Å². The highest BCUT2D eigenvalue weighted by atomic mass is 16.2. The monoisotopic (exact) mass is 382 g/mol. The zero-order chi connectivity index (χ0) is 21.3. The van der Waals surface area contributed by atoms with Crippen molar-refractivity contribution < 1.29 is 19.2 Å². The second-order valence-electron chi connectivity index (χ2n) is 8.49. The first-order valence-electron chi connectivity index (χ1n) is 9.96. The molecule has 0 atom stereocenters. The van der Waals surface area contributed by atoms with E-state index in [1.54, 1.807) is 23.6 Å². The Morgan fingerprint density at radius 3 is 1.26 bits per heavy atom. The number of hydrogen-bond acceptors (Lipinski definition) is 5. The predicted octanol–water partition coefficient (Wildman–Crippen LogP) is 2.45. The molecule has 0 aromatic carbocycles. The van der Waals surface area contributed by atoms with Gasteiger partial charge in [-0.05, 0) is 0 Å². The van der Waals surface area contributed by atoms with Gasteiger partial charge >= 0.3 is 0 Å². The van der Waals surface area contributed by atoms with Crippen molar-refractivity contribution in [2.24, 2.45) is 23.7 Å². The second kappa shape index (κ2) is 12.0. The van der Waals surface area contributed by atoms with E-state index in [1.165, 1.54) is 0 Å². The highest BCUT2D eigenvalue weighted by molar-refractivity contribution is 5.88. The Morgan fingerprint density at radius 2 is 0.926 bits per heavy atom. The van der Waals surface area contributed by atoms with Crippen LogP contribution in [0.15, 0.2) is 0 Å². The minimum absolute atomic E-state index is 0.00654. The summed E-state index contributed by atoms with van der Waals surface area (Å²) >= 11 is 0. The fraction of sp³-hybridized carbons (Fsp3) is 0.810. The van der Waals surface area contributed by atoms with E-state index in [1.807, 2.05) is 41.5 Å². The zero-order valence-corrected chi connectivity index (χ0v) is 18.4. The van der Waals surface area contributed by atoms with E-state index in [0.29, 0.717) is 13.1 Å². The maximum absolute atomic E-state index is 12.5. The van der Waals surface area contributed by atoms with Gasteiger partial charge in [0, 0.05) is 36.8 Å². The molecule has 6 nitrogen and oxygen atoms in total. The van der Waals surface area contributed by atoms with Gasteiger partial charge in [-0.15, -0.1) is 0 Å². The molecule has 0 aromatic rings. The Morgan fingerprint density at radius 1 is 0.556 bits per heavy atom. The predicted molar refractivity (Wildman–Crippen MR) is 107 cm³/mol. The lowest BCUT2D eigenvalue weighted by Gasteiger charge is -2.29. The third kappa shape index (κ3) is 9.80. The van der Waals surface area contributed by atoms with Crippen LogP contribution in [0.5, 0.6) is 0 Å². The van der Waals surface area contributed by atoms with E-state index in [2.05, 4.69) is 0 Å². The molecule has 6 heteroatoms. The van der Waals surface area contributed by atoms with Gasteiger partial charge in [0.25, 0.3) is 0 Å². The summed E-state index contributed by atoms with van der Waals surface area (Å²) in [4.78, 5) is 52.3. The number of carbonyl (C=O) groups excluding carboxylic acids is 4. The number of amides is 1. The van der Waals surface area contributed by atoms with Crippen molar-refractivity contribution >= 4 is 23.3 Å². The summed E-state index contributed by atoms with van der Waals surface area (Å²) in [6.07, 6.45) is 0. The van der Waals surface area contributed by atoms with Gasteiger partial charge in [0.1, 0.15) is 11.6 Å². The molecule has 0 aliphatic carbocycles. The average molecular weight is 383 g/mol. The zero-order valence-electron chi connectivity index (χ0n) is 18.4. The minimum atomic E-state index is -0.215. The lowest BCUT2D eigenvalue weighted by molar-refractivity contribution is -0.139. The first-order chi connectivity index (χ1) is 12.4. The van der Waals surface area contributed by atoms with Gasteiger partial charge in [-0.1, -0.05) is 55.4 Å². The first kappa shape index (κ1) is 25.4. The molecular weight excluding hydrogens is 344 g/mol. The third-order valence-corrected chi connectivity index (χ3v) is 4.53. The molecule has 0 heterocycles. The maximum atomic E-state index is 12.5. The molecule has 0 aliphatic rings. The Labute approximate surface area is 164 Å². The molecule has 0 radical (unpaired) electrons. The minimum Gasteiger partial charge on any atom is -0.334 e. The molecule has 0 N–H and O–H groups in total. The fourth-order valence-corrected chi connectivity index (χ4v) is 2.29. The van der Waals surface area contributed by atoms with Crippen LogP contribution in [-0.4, -0.2) is 65.8 Å². The summed E-state index contributed by atoms with van der Waals surface area (Å²) < 4.78 is 0. The lowest BCUT2D eigenvalue weighted by atomic mass is 10.1. The molecule has 0 saturated carbocycles. The third-order valence-electron chi connectivity index (χ3n) is 4.53. The molecule has 0 bridgehead atoms. The number of carbonyl (C=O) groups is 4. The summed E-state index contributed by atoms with van der Waals surface area (Å²) in [5.74, 6) is -0.545. The summed E-state index contributed by atoms with van der Waals surface area (Å²) in [6, 6.07) is 0. The van der Waals surface area contributed by atoms with Crippen molar-refractivity contribution in [3.05, 3.63) is 0 Å². The Hall–Kier alpha value is -1.56. The van der Waals surface area contributed by atoms with Crippen LogP contribution < -0.4 is 0 Å². The molecule has 1 amide bonds. The second-order valence-corrected chi connectivity index (χ2v) is 8.49. The van der Waals surface area contributed by atoms with Gasteiger partial charge in [0.15, 0.2) is 5.78 Å². The summed E-state index contributed by atoms with van der Waals surface area (Å²) in [5.41, 5.74) is 0. The molecule has 27 heavy (non-hydrogen) atoms. The Bertz CT molecular complexity index is 502. The van der Waals surface area contributed by atoms with Gasteiger partial charge in [-0.3, -0.25) is 24.1 Å². The normalized spacial score (nSPS) is 11.7. The van der Waals surface area contributed by atoms with Crippen LogP contribution in [0.2, 0.25) is 0 Å². The van der Waals surface area contributed by atoms with Crippen LogP contribution in [0.4, 0.5) is 0 Å². The smallest absolute Gasteiger partial charge is 0.225 e. The van der Waals surface area contributed by atoms with E-state index < -0.39 is 0 Å². The summed E-state index contributed by atoms with van der Waals surface area (Å²) in [6.45, 7) is 15.7. The first-order valence-corrected chi connectivity index (χ1v) is 9.96. The number of nitrogens with zero attached hydrogens (tertiary/aromatic N) is 2. The van der Waals surface area contributed by atoms with Gasteiger partial charge in [-0.2, -0.15) is 0 Å². The molecule has 156 valence electrons. The van der Waals surface area contributed by atoms with E-state index in [0.717, 1.165) is 0 Å². The van der Waals surface area contributed by atoms with Crippen LogP contribution >= 0.6 is 0 Å². The van der Waals surface area contributed by atoms with Gasteiger partial charge in [0.2, 0.25) is 5.91 Å². The van der Waals surface area contributed by atoms with Gasteiger partial charge in [-0.25, -0.2) is 0 Å². The van der Waals surface area contributed by atoms with Crippen LogP contribution in [0.25, 0.3) is 0 Å². The quantitative estimate of drug-likeness (QED) is 0.489. The van der Waals surface area contributed by atoms with E-state index in [4.69, 9.17) is 0 Å². The van der Waals surface area contributed by atoms with E-state index in [9.17, 15) is 19.2 Å². The van der Waals surface area contributed by atoms with E-state index in [-0.39, 0.29) is 66.6 Å². The molecule has 0 unspecified atom stereocenters. The standard InChI is InChI=1S/C21H38N2O4/c1-14(2)18(24)11-22(12-19(25)15(3)4)9-10-23(21(27)17(7)8)13-20(26)16(5)6/h14-17H,9-13H2,1-8H3. The molecule has 0 spiro atoms. The van der Waals surface area contributed by atoms with Gasteiger partial charge in [0.05, 0.1) is 19.6 Å². The number of hydrogen-bond donors (Lipinski definition) is 0. The van der Waals surface area contributed by atoms with Gasteiger partial charge < -0.3 is 4.90 Å². The summed E-state index contributed by atoms with van der Waals surface area (Å²) in [7, 11) is 0. The number of ketones is 3. The van der Waals surface area contributed by atoms with Crippen LogP contribution in [0, 0.1) is 23.7 Å². The van der Waals surface area contributed by atoms with Crippen molar-refractivity contribution in [1.29, 1.82) is 0 Å². The van der Waals surface area contributed by atoms with E-state index >= 15 is 0 Å². The lowest BCUT2D eigenvalue weighted by Crippen LogP contribution is -2.46. The molecular formula is C21H38N2O4. The molecule has 0 rings (SSSR count). The number of rotatable bonds is 13. The molecule has 0 saturated heterocycles. The van der Waals surface area contributed by atoms with Crippen LogP contribution in [0.1, 0.15) is 55.4 Å². The topological polar surface area (TPSA) is 74.8 Å². The van der Waals surface area contributed by atoms with Crippen molar-refractivity contribution in [1.82, 2.24) is 9.80 Å². The number of Topliss-reactive ketones (excluding diaryl/α,β-unsaturated/α-hetero) is 3. The van der Waals surface area contributed by atoms with Crippen molar-refractivity contribution in [3.63, 3.8) is 0 Å². The van der Waals surface area contributed by atoms with Crippen molar-refractivity contribution in [2.75, 3.05) is 32.7 Å².